The average Bonchev–Trinajstić information content (AvgIpc) is 3.52. The first-order valence-electron chi connectivity index (χ1n) is 11.8. The summed E-state index contributed by atoms with van der Waals surface area (Å²) < 4.78 is 73.0. The van der Waals surface area contributed by atoms with Gasteiger partial charge in [-0.2, -0.15) is 5.10 Å². The Kier molecular flexibility index (Phi) is 5.91. The predicted octanol–water partition coefficient (Wildman–Crippen LogP) is 5.57. The van der Waals surface area contributed by atoms with Crippen LogP contribution >= 0.6 is 0 Å². The van der Waals surface area contributed by atoms with Gasteiger partial charge >= 0.3 is 0 Å². The van der Waals surface area contributed by atoms with Crippen molar-refractivity contribution in [1.82, 2.24) is 19.7 Å². The summed E-state index contributed by atoms with van der Waals surface area (Å²) in [4.78, 5) is 20.2. The number of rotatable bonds is 6. The lowest BCUT2D eigenvalue weighted by atomic mass is 9.99. The number of benzene rings is 3. The van der Waals surface area contributed by atoms with Gasteiger partial charge in [-0.3, -0.25) is 14.2 Å². The maximum atomic E-state index is 15.5. The number of sulfonamides is 1. The second-order valence-electron chi connectivity index (χ2n) is 9.04. The van der Waals surface area contributed by atoms with Gasteiger partial charge in [0.25, 0.3) is 10.0 Å². The molecule has 0 aliphatic rings. The molecular formula is C28H18F3N5O3S. The van der Waals surface area contributed by atoms with Crippen LogP contribution in [-0.4, -0.2) is 33.9 Å². The Labute approximate surface area is 225 Å². The predicted molar refractivity (Wildman–Crippen MR) is 143 cm³/mol. The number of ketones is 1. The molecule has 0 fully saturated rings. The molecule has 8 nitrogen and oxygen atoms in total. The number of hydrogen-bond acceptors (Lipinski definition) is 5. The highest BCUT2D eigenvalue weighted by Gasteiger charge is 2.27. The maximum Gasteiger partial charge on any atom is 0.262 e. The SMILES string of the molecule is Cn1cc2c(-c3cnc4[nH]cc(C(=O)c5c(F)ccc(NS(=O)(=O)c6cccc(F)c6)c5F)c4c3)cccc2n1. The van der Waals surface area contributed by atoms with Gasteiger partial charge in [0.1, 0.15) is 17.3 Å². The summed E-state index contributed by atoms with van der Waals surface area (Å²) >= 11 is 0. The molecule has 3 aromatic carbocycles. The molecule has 12 heteroatoms. The van der Waals surface area contributed by atoms with E-state index in [1.54, 1.807) is 24.0 Å². The molecular weight excluding hydrogens is 543 g/mol. The fraction of sp³-hybridized carbons (Fsp3) is 0.0357. The first-order chi connectivity index (χ1) is 19.1. The van der Waals surface area contributed by atoms with Crippen LogP contribution < -0.4 is 4.72 Å². The fourth-order valence-corrected chi connectivity index (χ4v) is 5.65. The third-order valence-corrected chi connectivity index (χ3v) is 7.78. The minimum absolute atomic E-state index is 0.0642. The van der Waals surface area contributed by atoms with Crippen LogP contribution in [0.2, 0.25) is 0 Å². The van der Waals surface area contributed by atoms with Gasteiger partial charge in [0, 0.05) is 47.5 Å². The summed E-state index contributed by atoms with van der Waals surface area (Å²) in [5, 5.41) is 5.56. The molecule has 6 rings (SSSR count). The number of halogens is 3. The van der Waals surface area contributed by atoms with Crippen molar-refractivity contribution >= 4 is 43.4 Å². The van der Waals surface area contributed by atoms with E-state index in [0.29, 0.717) is 16.6 Å². The topological polar surface area (TPSA) is 110 Å². The number of carbonyl (C=O) groups excluding carboxylic acids is 1. The molecule has 0 bridgehead atoms. The number of aromatic amines is 1. The van der Waals surface area contributed by atoms with Crippen LogP contribution in [0.25, 0.3) is 33.1 Å². The van der Waals surface area contributed by atoms with E-state index in [4.69, 9.17) is 0 Å². The maximum absolute atomic E-state index is 15.5. The lowest BCUT2D eigenvalue weighted by molar-refractivity contribution is 0.103. The minimum atomic E-state index is -4.44. The molecule has 200 valence electrons. The Hall–Kier alpha value is -4.97. The number of aryl methyl sites for hydroxylation is 1. The van der Waals surface area contributed by atoms with Crippen molar-refractivity contribution in [3.8, 4) is 11.1 Å². The minimum Gasteiger partial charge on any atom is -0.345 e. The highest BCUT2D eigenvalue weighted by molar-refractivity contribution is 7.92. The van der Waals surface area contributed by atoms with Gasteiger partial charge in [0.05, 0.1) is 21.7 Å². The molecule has 0 saturated heterocycles. The number of hydrogen-bond donors (Lipinski definition) is 2. The van der Waals surface area contributed by atoms with Crippen LogP contribution in [0.4, 0.5) is 18.9 Å². The average molecular weight is 562 g/mol. The number of nitrogens with zero attached hydrogens (tertiary/aromatic N) is 3. The molecule has 2 N–H and O–H groups in total. The van der Waals surface area contributed by atoms with Crippen molar-refractivity contribution < 1.29 is 26.4 Å². The van der Waals surface area contributed by atoms with Crippen LogP contribution in [0.5, 0.6) is 0 Å². The van der Waals surface area contributed by atoms with E-state index < -0.39 is 49.4 Å². The molecule has 0 atom stereocenters. The van der Waals surface area contributed by atoms with E-state index in [2.05, 4.69) is 15.1 Å². The number of fused-ring (bicyclic) bond motifs is 2. The van der Waals surface area contributed by atoms with Crippen molar-refractivity contribution in [2.24, 2.45) is 7.05 Å². The summed E-state index contributed by atoms with van der Waals surface area (Å²) in [6, 6.07) is 13.0. The summed E-state index contributed by atoms with van der Waals surface area (Å²) in [5.74, 6) is -4.43. The Bertz CT molecular complexity index is 2090. The van der Waals surface area contributed by atoms with Gasteiger partial charge < -0.3 is 4.98 Å². The molecule has 0 saturated carbocycles. The Balaban J connectivity index is 1.42. The van der Waals surface area contributed by atoms with Crippen molar-refractivity contribution in [3.63, 3.8) is 0 Å². The van der Waals surface area contributed by atoms with E-state index in [1.807, 2.05) is 29.1 Å². The third kappa shape index (κ3) is 4.28. The van der Waals surface area contributed by atoms with Crippen LogP contribution in [0.1, 0.15) is 15.9 Å². The van der Waals surface area contributed by atoms with Crippen LogP contribution in [0.3, 0.4) is 0 Å². The lowest BCUT2D eigenvalue weighted by Gasteiger charge is -2.12. The highest BCUT2D eigenvalue weighted by Crippen LogP contribution is 2.32. The quantitative estimate of drug-likeness (QED) is 0.259. The van der Waals surface area contributed by atoms with Crippen molar-refractivity contribution in [3.05, 3.63) is 108 Å². The molecule has 40 heavy (non-hydrogen) atoms. The van der Waals surface area contributed by atoms with Gasteiger partial charge in [-0.05, 0) is 48.0 Å². The van der Waals surface area contributed by atoms with E-state index in [1.165, 1.54) is 12.3 Å². The summed E-state index contributed by atoms with van der Waals surface area (Å²) in [6.45, 7) is 0. The van der Waals surface area contributed by atoms with Crippen LogP contribution in [-0.2, 0) is 17.1 Å². The zero-order valence-electron chi connectivity index (χ0n) is 20.6. The Morgan fingerprint density at radius 2 is 1.80 bits per heavy atom. The van der Waals surface area contributed by atoms with Crippen molar-refractivity contribution in [2.45, 2.75) is 4.90 Å². The molecule has 0 spiro atoms. The summed E-state index contributed by atoms with van der Waals surface area (Å²) in [6.07, 6.45) is 4.74. The van der Waals surface area contributed by atoms with Gasteiger partial charge in [-0.25, -0.2) is 26.6 Å². The zero-order chi connectivity index (χ0) is 28.2. The van der Waals surface area contributed by atoms with E-state index in [9.17, 15) is 22.0 Å². The van der Waals surface area contributed by atoms with E-state index >= 15 is 4.39 Å². The standard InChI is InChI=1S/C28H18F3N5O3S/c1-36-14-21-18(6-3-7-23(21)34-36)15-10-19-20(13-33-28(19)32-12-15)27(37)25-22(30)8-9-24(26(25)31)35-40(38,39)17-5-2-4-16(29)11-17/h2-14,35H,1H3,(H,32,33). The number of H-pyrrole nitrogens is 1. The van der Waals surface area contributed by atoms with Gasteiger partial charge in [-0.15, -0.1) is 0 Å². The second kappa shape index (κ2) is 9.35. The Morgan fingerprint density at radius 1 is 1.00 bits per heavy atom. The highest BCUT2D eigenvalue weighted by atomic mass is 32.2. The third-order valence-electron chi connectivity index (χ3n) is 6.42. The summed E-state index contributed by atoms with van der Waals surface area (Å²) in [5.41, 5.74) is 0.825. The largest absolute Gasteiger partial charge is 0.345 e. The number of pyridine rings is 1. The van der Waals surface area contributed by atoms with E-state index in [0.717, 1.165) is 46.8 Å². The normalized spacial score (nSPS) is 11.8. The fourth-order valence-electron chi connectivity index (χ4n) is 4.56. The number of anilines is 1. The van der Waals surface area contributed by atoms with Crippen LogP contribution in [0.15, 0.2) is 84.1 Å². The molecule has 0 aliphatic carbocycles. The molecule has 3 aromatic heterocycles. The molecule has 0 radical (unpaired) electrons. The van der Waals surface area contributed by atoms with E-state index in [-0.39, 0.29) is 5.56 Å². The first kappa shape index (κ1) is 25.3. The second-order valence-corrected chi connectivity index (χ2v) is 10.7. The molecule has 0 aliphatic heterocycles. The molecule has 0 amide bonds. The Morgan fingerprint density at radius 3 is 2.60 bits per heavy atom. The molecule has 3 heterocycles. The molecule has 6 aromatic rings. The summed E-state index contributed by atoms with van der Waals surface area (Å²) in [7, 11) is -2.65. The van der Waals surface area contributed by atoms with Crippen molar-refractivity contribution in [1.29, 1.82) is 0 Å². The zero-order valence-corrected chi connectivity index (χ0v) is 21.4. The monoisotopic (exact) mass is 561 g/mol. The lowest BCUT2D eigenvalue weighted by Crippen LogP contribution is -2.16. The number of carbonyl (C=O) groups is 1. The molecule has 0 unspecified atom stereocenters. The van der Waals surface area contributed by atoms with Crippen LogP contribution in [0, 0.1) is 17.5 Å². The number of aromatic nitrogens is 4. The van der Waals surface area contributed by atoms with Gasteiger partial charge in [0.2, 0.25) is 5.78 Å². The first-order valence-corrected chi connectivity index (χ1v) is 13.3. The smallest absolute Gasteiger partial charge is 0.262 e. The van der Waals surface area contributed by atoms with Gasteiger partial charge in [0.15, 0.2) is 5.82 Å². The van der Waals surface area contributed by atoms with Gasteiger partial charge in [-0.1, -0.05) is 18.2 Å². The van der Waals surface area contributed by atoms with Crippen molar-refractivity contribution in [2.75, 3.05) is 4.72 Å². The number of nitrogens with one attached hydrogen (secondary N) is 2.